The molecule has 1 heterocycles. The third-order valence-electron chi connectivity index (χ3n) is 3.63. The molecule has 0 radical (unpaired) electrons. The number of carbonyl (C=O) groups is 1. The summed E-state index contributed by atoms with van der Waals surface area (Å²) in [5.74, 6) is -0.0270. The van der Waals surface area contributed by atoms with Gasteiger partial charge in [0.2, 0.25) is 0 Å². The Bertz CT molecular complexity index is 625. The maximum atomic E-state index is 12.4. The smallest absolute Gasteiger partial charge is 0.256 e. The third kappa shape index (κ3) is 5.37. The molecule has 0 spiro atoms. The molecule has 23 heavy (non-hydrogen) atoms. The molecule has 0 aliphatic rings. The van der Waals surface area contributed by atoms with Crippen LogP contribution in [-0.4, -0.2) is 40.7 Å². The van der Waals surface area contributed by atoms with Crippen LogP contribution in [0.1, 0.15) is 29.8 Å². The van der Waals surface area contributed by atoms with E-state index in [-0.39, 0.29) is 23.7 Å². The molecule has 1 aromatic carbocycles. The fourth-order valence-corrected chi connectivity index (χ4v) is 2.33. The van der Waals surface area contributed by atoms with Gasteiger partial charge in [-0.15, -0.1) is 12.4 Å². The number of hydrogen-bond acceptors (Lipinski definition) is 3. The SMILES string of the molecule is CN(CC(C)(C)CN)C(=O)c1cnn(Cc2ccccc2)c1.Cl. The number of hydrogen-bond donors (Lipinski definition) is 1. The summed E-state index contributed by atoms with van der Waals surface area (Å²) in [7, 11) is 1.80. The van der Waals surface area contributed by atoms with E-state index in [2.05, 4.69) is 18.9 Å². The monoisotopic (exact) mass is 336 g/mol. The van der Waals surface area contributed by atoms with Gasteiger partial charge < -0.3 is 10.6 Å². The Morgan fingerprint density at radius 3 is 2.57 bits per heavy atom. The molecule has 0 atom stereocenters. The Labute approximate surface area is 143 Å². The maximum absolute atomic E-state index is 12.4. The van der Waals surface area contributed by atoms with Crippen LogP contribution in [0.5, 0.6) is 0 Å². The average molecular weight is 337 g/mol. The molecule has 0 fully saturated rings. The van der Waals surface area contributed by atoms with Gasteiger partial charge in [0.1, 0.15) is 0 Å². The van der Waals surface area contributed by atoms with Crippen molar-refractivity contribution in [3.63, 3.8) is 0 Å². The zero-order valence-corrected chi connectivity index (χ0v) is 14.7. The second kappa shape index (κ2) is 8.13. The van der Waals surface area contributed by atoms with Crippen LogP contribution in [0.4, 0.5) is 0 Å². The molecular weight excluding hydrogens is 312 g/mol. The van der Waals surface area contributed by atoms with Gasteiger partial charge in [-0.3, -0.25) is 9.48 Å². The van der Waals surface area contributed by atoms with Crippen LogP contribution in [0, 0.1) is 5.41 Å². The van der Waals surface area contributed by atoms with E-state index in [1.807, 2.05) is 30.3 Å². The van der Waals surface area contributed by atoms with Crippen molar-refractivity contribution in [2.45, 2.75) is 20.4 Å². The number of benzene rings is 1. The number of halogens is 1. The molecule has 6 heteroatoms. The highest BCUT2D eigenvalue weighted by atomic mass is 35.5. The van der Waals surface area contributed by atoms with Gasteiger partial charge in [-0.25, -0.2) is 0 Å². The van der Waals surface area contributed by atoms with Crippen LogP contribution in [0.3, 0.4) is 0 Å². The van der Waals surface area contributed by atoms with Gasteiger partial charge in [-0.1, -0.05) is 44.2 Å². The van der Waals surface area contributed by atoms with Crippen LogP contribution >= 0.6 is 12.4 Å². The molecular formula is C17H25ClN4O. The number of amides is 1. The first-order valence-electron chi connectivity index (χ1n) is 7.43. The topological polar surface area (TPSA) is 64.2 Å². The predicted molar refractivity (Wildman–Crippen MR) is 94.8 cm³/mol. The lowest BCUT2D eigenvalue weighted by molar-refractivity contribution is 0.0740. The fraction of sp³-hybridized carbons (Fsp3) is 0.412. The molecule has 0 unspecified atom stereocenters. The van der Waals surface area contributed by atoms with Crippen molar-refractivity contribution in [1.82, 2.24) is 14.7 Å². The minimum absolute atomic E-state index is 0. The molecule has 1 amide bonds. The van der Waals surface area contributed by atoms with Gasteiger partial charge in [-0.05, 0) is 17.5 Å². The number of carbonyl (C=O) groups excluding carboxylic acids is 1. The molecule has 0 aliphatic carbocycles. The van der Waals surface area contributed by atoms with Crippen LogP contribution in [0.25, 0.3) is 0 Å². The summed E-state index contributed by atoms with van der Waals surface area (Å²) in [6.07, 6.45) is 3.42. The van der Waals surface area contributed by atoms with E-state index >= 15 is 0 Å². The quantitative estimate of drug-likeness (QED) is 0.881. The zero-order valence-electron chi connectivity index (χ0n) is 13.9. The maximum Gasteiger partial charge on any atom is 0.256 e. The third-order valence-corrected chi connectivity index (χ3v) is 3.63. The van der Waals surface area contributed by atoms with E-state index in [1.165, 1.54) is 0 Å². The van der Waals surface area contributed by atoms with E-state index < -0.39 is 0 Å². The van der Waals surface area contributed by atoms with E-state index in [1.54, 1.807) is 29.0 Å². The molecule has 2 aromatic rings. The Hall–Kier alpha value is -1.85. The van der Waals surface area contributed by atoms with Crippen molar-refractivity contribution in [1.29, 1.82) is 0 Å². The number of aromatic nitrogens is 2. The van der Waals surface area contributed by atoms with Crippen molar-refractivity contribution in [2.75, 3.05) is 20.1 Å². The van der Waals surface area contributed by atoms with Gasteiger partial charge in [0.05, 0.1) is 18.3 Å². The summed E-state index contributed by atoms with van der Waals surface area (Å²) >= 11 is 0. The molecule has 2 N–H and O–H groups in total. The zero-order chi connectivity index (χ0) is 16.2. The average Bonchev–Trinajstić information content (AvgIpc) is 2.95. The first kappa shape index (κ1) is 19.2. The van der Waals surface area contributed by atoms with Crippen molar-refractivity contribution in [3.8, 4) is 0 Å². The van der Waals surface area contributed by atoms with Gasteiger partial charge in [0, 0.05) is 19.8 Å². The number of nitrogens with zero attached hydrogens (tertiary/aromatic N) is 3. The largest absolute Gasteiger partial charge is 0.341 e. The highest BCUT2D eigenvalue weighted by molar-refractivity contribution is 5.93. The number of nitrogens with two attached hydrogens (primary N) is 1. The van der Waals surface area contributed by atoms with Gasteiger partial charge >= 0.3 is 0 Å². The lowest BCUT2D eigenvalue weighted by atomic mass is 9.93. The second-order valence-electron chi connectivity index (χ2n) is 6.44. The van der Waals surface area contributed by atoms with Crippen molar-refractivity contribution < 1.29 is 4.79 Å². The fourth-order valence-electron chi connectivity index (χ4n) is 2.33. The summed E-state index contributed by atoms with van der Waals surface area (Å²) < 4.78 is 1.78. The molecule has 0 saturated heterocycles. The van der Waals surface area contributed by atoms with E-state index in [0.717, 1.165) is 5.56 Å². The molecule has 0 bridgehead atoms. The highest BCUT2D eigenvalue weighted by Crippen LogP contribution is 2.15. The number of rotatable bonds is 6. The normalized spacial score (nSPS) is 11.0. The van der Waals surface area contributed by atoms with E-state index in [0.29, 0.717) is 25.2 Å². The van der Waals surface area contributed by atoms with Crippen molar-refractivity contribution in [3.05, 3.63) is 53.9 Å². The molecule has 2 rings (SSSR count). The van der Waals surface area contributed by atoms with Gasteiger partial charge in [0.25, 0.3) is 5.91 Å². The van der Waals surface area contributed by atoms with Crippen LogP contribution < -0.4 is 5.73 Å². The van der Waals surface area contributed by atoms with Crippen molar-refractivity contribution >= 4 is 18.3 Å². The Morgan fingerprint density at radius 1 is 1.30 bits per heavy atom. The van der Waals surface area contributed by atoms with Crippen LogP contribution in [0.15, 0.2) is 42.7 Å². The van der Waals surface area contributed by atoms with Crippen LogP contribution in [-0.2, 0) is 6.54 Å². The minimum Gasteiger partial charge on any atom is -0.341 e. The van der Waals surface area contributed by atoms with E-state index in [4.69, 9.17) is 5.73 Å². The second-order valence-corrected chi connectivity index (χ2v) is 6.44. The summed E-state index contributed by atoms with van der Waals surface area (Å²) in [5.41, 5.74) is 7.39. The lowest BCUT2D eigenvalue weighted by Crippen LogP contribution is -2.39. The minimum atomic E-state index is -0.0928. The Kier molecular flexibility index (Phi) is 6.79. The summed E-state index contributed by atoms with van der Waals surface area (Å²) in [4.78, 5) is 14.1. The molecule has 0 saturated carbocycles. The van der Waals surface area contributed by atoms with Crippen LogP contribution in [0.2, 0.25) is 0 Å². The first-order chi connectivity index (χ1) is 10.4. The van der Waals surface area contributed by atoms with Gasteiger partial charge in [-0.2, -0.15) is 5.10 Å². The molecule has 0 aliphatic heterocycles. The van der Waals surface area contributed by atoms with Crippen molar-refractivity contribution in [2.24, 2.45) is 11.1 Å². The van der Waals surface area contributed by atoms with E-state index in [9.17, 15) is 4.79 Å². The standard InChI is InChI=1S/C17H24N4O.ClH/c1-17(2,12-18)13-20(3)16(22)15-9-19-21(11-15)10-14-7-5-4-6-8-14;/h4-9,11H,10,12-13,18H2,1-3H3;1H. The highest BCUT2D eigenvalue weighted by Gasteiger charge is 2.22. The summed E-state index contributed by atoms with van der Waals surface area (Å²) in [6, 6.07) is 10.1. The first-order valence-corrected chi connectivity index (χ1v) is 7.43. The summed E-state index contributed by atoms with van der Waals surface area (Å²) in [5, 5.41) is 4.28. The lowest BCUT2D eigenvalue weighted by Gasteiger charge is -2.28. The molecule has 126 valence electrons. The Morgan fingerprint density at radius 2 is 1.96 bits per heavy atom. The summed E-state index contributed by atoms with van der Waals surface area (Å²) in [6.45, 7) is 5.92. The molecule has 1 aromatic heterocycles. The van der Waals surface area contributed by atoms with Gasteiger partial charge in [0.15, 0.2) is 0 Å². The predicted octanol–water partition coefficient (Wildman–Crippen LogP) is 2.41. The molecule has 5 nitrogen and oxygen atoms in total. The Balaban J connectivity index is 0.00000264.